The third-order valence-electron chi connectivity index (χ3n) is 4.88. The van der Waals surface area contributed by atoms with Crippen LogP contribution in [0.3, 0.4) is 0 Å². The number of hydrogen-bond donors (Lipinski definition) is 1. The smallest absolute Gasteiger partial charge is 0.254 e. The maximum absolute atomic E-state index is 12.8. The third-order valence-corrected chi connectivity index (χ3v) is 6.36. The van der Waals surface area contributed by atoms with Gasteiger partial charge in [-0.2, -0.15) is 11.3 Å². The van der Waals surface area contributed by atoms with Gasteiger partial charge in [-0.1, -0.05) is 12.1 Å². The largest absolute Gasteiger partial charge is 0.337 e. The zero-order valence-electron chi connectivity index (χ0n) is 15.7. The van der Waals surface area contributed by atoms with Crippen LogP contribution in [0, 0.1) is 0 Å². The first-order chi connectivity index (χ1) is 13.1. The van der Waals surface area contributed by atoms with Crippen LogP contribution < -0.4 is 5.32 Å². The van der Waals surface area contributed by atoms with E-state index in [1.165, 1.54) is 11.3 Å². The highest BCUT2D eigenvalue weighted by Crippen LogP contribution is 2.25. The third kappa shape index (κ3) is 4.91. The normalized spacial score (nSPS) is 16.6. The predicted molar refractivity (Wildman–Crippen MR) is 113 cm³/mol. The summed E-state index contributed by atoms with van der Waals surface area (Å²) in [7, 11) is 0. The molecule has 3 rings (SSSR count). The van der Waals surface area contributed by atoms with Gasteiger partial charge in [0.1, 0.15) is 0 Å². The summed E-state index contributed by atoms with van der Waals surface area (Å²) in [4.78, 5) is 30.4. The van der Waals surface area contributed by atoms with E-state index in [1.54, 1.807) is 11.8 Å². The van der Waals surface area contributed by atoms with Gasteiger partial charge in [0, 0.05) is 36.5 Å². The van der Waals surface area contributed by atoms with E-state index in [4.69, 9.17) is 0 Å². The van der Waals surface area contributed by atoms with Gasteiger partial charge in [-0.3, -0.25) is 14.5 Å². The minimum atomic E-state index is -0.240. The first-order valence-electron chi connectivity index (χ1n) is 9.09. The standard InChI is InChI=1S/C20H25N3O2S2/c1-15(19(24)21-17-6-3-4-7-18(17)26-2)22-9-5-10-23(12-11-22)20(25)16-8-13-27-14-16/h3-4,6-8,13-15H,5,9-12H2,1-2H3,(H,21,24). The van der Waals surface area contributed by atoms with Crippen molar-refractivity contribution in [1.82, 2.24) is 9.80 Å². The molecule has 7 heteroatoms. The van der Waals surface area contributed by atoms with Gasteiger partial charge in [0.25, 0.3) is 5.91 Å². The Morgan fingerprint density at radius 3 is 2.70 bits per heavy atom. The van der Waals surface area contributed by atoms with Crippen LogP contribution in [0.1, 0.15) is 23.7 Å². The summed E-state index contributed by atoms with van der Waals surface area (Å²) >= 11 is 3.16. The van der Waals surface area contributed by atoms with Gasteiger partial charge in [0.15, 0.2) is 0 Å². The zero-order valence-corrected chi connectivity index (χ0v) is 17.3. The molecule has 144 valence electrons. The molecule has 2 amide bonds. The lowest BCUT2D eigenvalue weighted by Gasteiger charge is -2.27. The van der Waals surface area contributed by atoms with Crippen molar-refractivity contribution in [1.29, 1.82) is 0 Å². The molecular formula is C20H25N3O2S2. The number of hydrogen-bond acceptors (Lipinski definition) is 5. The number of para-hydroxylation sites is 1. The molecule has 1 aromatic heterocycles. The lowest BCUT2D eigenvalue weighted by atomic mass is 10.2. The van der Waals surface area contributed by atoms with Crippen molar-refractivity contribution in [3.63, 3.8) is 0 Å². The van der Waals surface area contributed by atoms with E-state index in [2.05, 4.69) is 10.2 Å². The van der Waals surface area contributed by atoms with Gasteiger partial charge in [-0.05, 0) is 43.2 Å². The molecule has 1 fully saturated rings. The molecule has 2 heterocycles. The monoisotopic (exact) mass is 403 g/mol. The number of rotatable bonds is 5. The van der Waals surface area contributed by atoms with Crippen LogP contribution in [-0.2, 0) is 4.79 Å². The van der Waals surface area contributed by atoms with Gasteiger partial charge >= 0.3 is 0 Å². The van der Waals surface area contributed by atoms with E-state index >= 15 is 0 Å². The maximum atomic E-state index is 12.8. The van der Waals surface area contributed by atoms with Crippen LogP contribution in [0.2, 0.25) is 0 Å². The van der Waals surface area contributed by atoms with Crippen LogP contribution in [0.15, 0.2) is 46.0 Å². The fourth-order valence-electron chi connectivity index (χ4n) is 3.25. The molecule has 0 radical (unpaired) electrons. The molecule has 2 aromatic rings. The first-order valence-corrected chi connectivity index (χ1v) is 11.3. The Kier molecular flexibility index (Phi) is 6.93. The molecule has 1 aliphatic heterocycles. The van der Waals surface area contributed by atoms with Crippen LogP contribution in [-0.4, -0.2) is 60.1 Å². The molecule has 27 heavy (non-hydrogen) atoms. The summed E-state index contributed by atoms with van der Waals surface area (Å²) in [5.74, 6) is 0.0817. The average Bonchev–Trinajstić information content (AvgIpc) is 3.12. The Bertz CT molecular complexity index is 779. The molecule has 1 saturated heterocycles. The first kappa shape index (κ1) is 19.9. The highest BCUT2D eigenvalue weighted by molar-refractivity contribution is 7.98. The van der Waals surface area contributed by atoms with Crippen molar-refractivity contribution in [2.24, 2.45) is 0 Å². The second-order valence-electron chi connectivity index (χ2n) is 6.56. The second-order valence-corrected chi connectivity index (χ2v) is 8.19. The van der Waals surface area contributed by atoms with Crippen molar-refractivity contribution in [2.75, 3.05) is 37.8 Å². The summed E-state index contributed by atoms with van der Waals surface area (Å²) < 4.78 is 0. The average molecular weight is 404 g/mol. The number of carbonyl (C=O) groups excluding carboxylic acids is 2. The Labute approximate surface area is 168 Å². The van der Waals surface area contributed by atoms with E-state index in [0.717, 1.165) is 35.7 Å². The lowest BCUT2D eigenvalue weighted by molar-refractivity contribution is -0.120. The predicted octanol–water partition coefficient (Wildman–Crippen LogP) is 3.65. The zero-order chi connectivity index (χ0) is 19.2. The fraction of sp³-hybridized carbons (Fsp3) is 0.400. The van der Waals surface area contributed by atoms with E-state index < -0.39 is 0 Å². The summed E-state index contributed by atoms with van der Waals surface area (Å²) in [6.07, 6.45) is 2.87. The number of carbonyl (C=O) groups is 2. The summed E-state index contributed by atoms with van der Waals surface area (Å²) in [5.41, 5.74) is 1.61. The Morgan fingerprint density at radius 2 is 1.96 bits per heavy atom. The van der Waals surface area contributed by atoms with Crippen molar-refractivity contribution in [2.45, 2.75) is 24.3 Å². The highest BCUT2D eigenvalue weighted by Gasteiger charge is 2.26. The van der Waals surface area contributed by atoms with Gasteiger partial charge in [-0.15, -0.1) is 11.8 Å². The van der Waals surface area contributed by atoms with E-state index in [9.17, 15) is 9.59 Å². The number of thiophene rings is 1. The van der Waals surface area contributed by atoms with E-state index in [1.807, 2.05) is 59.2 Å². The van der Waals surface area contributed by atoms with Gasteiger partial charge in [0.05, 0.1) is 17.3 Å². The summed E-state index contributed by atoms with van der Waals surface area (Å²) in [6.45, 7) is 4.83. The SMILES string of the molecule is CSc1ccccc1NC(=O)C(C)N1CCCN(C(=O)c2ccsc2)CC1. The highest BCUT2D eigenvalue weighted by atomic mass is 32.2. The van der Waals surface area contributed by atoms with Crippen LogP contribution in [0.5, 0.6) is 0 Å². The molecular weight excluding hydrogens is 378 g/mol. The van der Waals surface area contributed by atoms with Gasteiger partial charge in [-0.25, -0.2) is 0 Å². The quantitative estimate of drug-likeness (QED) is 0.775. The molecule has 1 aliphatic rings. The maximum Gasteiger partial charge on any atom is 0.254 e. The van der Waals surface area contributed by atoms with Crippen molar-refractivity contribution < 1.29 is 9.59 Å². The van der Waals surface area contributed by atoms with Crippen molar-refractivity contribution >= 4 is 40.6 Å². The molecule has 0 aliphatic carbocycles. The van der Waals surface area contributed by atoms with Crippen LogP contribution in [0.25, 0.3) is 0 Å². The Hall–Kier alpha value is -1.83. The van der Waals surface area contributed by atoms with Crippen LogP contribution >= 0.6 is 23.1 Å². The topological polar surface area (TPSA) is 52.7 Å². The van der Waals surface area contributed by atoms with Gasteiger partial charge in [0.2, 0.25) is 5.91 Å². The van der Waals surface area contributed by atoms with Crippen molar-refractivity contribution in [3.8, 4) is 0 Å². The summed E-state index contributed by atoms with van der Waals surface area (Å²) in [5, 5.41) is 6.87. The van der Waals surface area contributed by atoms with Gasteiger partial charge < -0.3 is 10.2 Å². The number of nitrogens with zero attached hydrogens (tertiary/aromatic N) is 2. The summed E-state index contributed by atoms with van der Waals surface area (Å²) in [6, 6.07) is 9.47. The number of amides is 2. The second kappa shape index (κ2) is 9.39. The Morgan fingerprint density at radius 1 is 1.15 bits per heavy atom. The van der Waals surface area contributed by atoms with Crippen LogP contribution in [0.4, 0.5) is 5.69 Å². The fourth-order valence-corrected chi connectivity index (χ4v) is 4.43. The molecule has 0 saturated carbocycles. The van der Waals surface area contributed by atoms with E-state index in [-0.39, 0.29) is 17.9 Å². The molecule has 1 aromatic carbocycles. The minimum absolute atomic E-state index is 0.00545. The molecule has 1 N–H and O–H groups in total. The minimum Gasteiger partial charge on any atom is -0.337 e. The number of thioether (sulfide) groups is 1. The molecule has 1 unspecified atom stereocenters. The van der Waals surface area contributed by atoms with E-state index in [0.29, 0.717) is 13.1 Å². The Balaban J connectivity index is 1.59. The van der Waals surface area contributed by atoms with Crippen molar-refractivity contribution in [3.05, 3.63) is 46.7 Å². The molecule has 1 atom stereocenters. The number of benzene rings is 1. The molecule has 0 spiro atoms. The number of anilines is 1. The molecule has 5 nitrogen and oxygen atoms in total. The lowest BCUT2D eigenvalue weighted by Crippen LogP contribution is -2.44. The molecule has 0 bridgehead atoms. The number of nitrogens with one attached hydrogen (secondary N) is 1.